The Morgan fingerprint density at radius 3 is 2.61 bits per heavy atom. The monoisotopic (exact) mass is 245 g/mol. The summed E-state index contributed by atoms with van der Waals surface area (Å²) in [5.41, 5.74) is 9.41. The third kappa shape index (κ3) is 3.58. The highest BCUT2D eigenvalue weighted by molar-refractivity contribution is 5.24. The molecule has 2 N–H and O–H groups in total. The van der Waals surface area contributed by atoms with Gasteiger partial charge in [0.2, 0.25) is 0 Å². The normalized spacial score (nSPS) is 28.3. The van der Waals surface area contributed by atoms with Crippen LogP contribution in [0.2, 0.25) is 0 Å². The lowest BCUT2D eigenvalue weighted by Gasteiger charge is -2.37. The van der Waals surface area contributed by atoms with Gasteiger partial charge in [-0.25, -0.2) is 0 Å². The highest BCUT2D eigenvalue weighted by Gasteiger charge is 2.31. The summed E-state index contributed by atoms with van der Waals surface area (Å²) in [5.74, 6) is 0.934. The van der Waals surface area contributed by atoms with Crippen LogP contribution in [-0.4, -0.2) is 5.54 Å². The molecule has 1 aromatic rings. The highest BCUT2D eigenvalue weighted by atomic mass is 14.7. The molecule has 100 valence electrons. The van der Waals surface area contributed by atoms with Crippen LogP contribution in [0.4, 0.5) is 0 Å². The fourth-order valence-corrected chi connectivity index (χ4v) is 3.35. The van der Waals surface area contributed by atoms with Crippen LogP contribution >= 0.6 is 0 Å². The highest BCUT2D eigenvalue weighted by Crippen LogP contribution is 2.34. The Hall–Kier alpha value is -0.820. The van der Waals surface area contributed by atoms with Gasteiger partial charge in [0.05, 0.1) is 0 Å². The SMILES string of the molecule is CCCC1CCC(N)(Cc2cccc(C)c2)CC1. The summed E-state index contributed by atoms with van der Waals surface area (Å²) in [6, 6.07) is 8.81. The molecule has 1 nitrogen and oxygen atoms in total. The van der Waals surface area contributed by atoms with Gasteiger partial charge >= 0.3 is 0 Å². The van der Waals surface area contributed by atoms with Crippen LogP contribution in [0.3, 0.4) is 0 Å². The first-order chi connectivity index (χ1) is 8.61. The first-order valence-electron chi connectivity index (χ1n) is 7.46. The van der Waals surface area contributed by atoms with Crippen molar-refractivity contribution in [3.05, 3.63) is 35.4 Å². The van der Waals surface area contributed by atoms with Crippen LogP contribution in [0.1, 0.15) is 56.6 Å². The molecule has 1 saturated carbocycles. The summed E-state index contributed by atoms with van der Waals surface area (Å²) in [6.07, 6.45) is 8.82. The van der Waals surface area contributed by atoms with E-state index in [0.29, 0.717) is 0 Å². The van der Waals surface area contributed by atoms with Crippen LogP contribution in [-0.2, 0) is 6.42 Å². The first kappa shape index (κ1) is 13.6. The maximum atomic E-state index is 6.60. The summed E-state index contributed by atoms with van der Waals surface area (Å²) in [7, 11) is 0. The first-order valence-corrected chi connectivity index (χ1v) is 7.46. The maximum Gasteiger partial charge on any atom is 0.0195 e. The lowest BCUT2D eigenvalue weighted by atomic mass is 9.73. The Labute approximate surface area is 112 Å². The van der Waals surface area contributed by atoms with Crippen LogP contribution in [0, 0.1) is 12.8 Å². The van der Waals surface area contributed by atoms with Gasteiger partial charge in [-0.15, -0.1) is 0 Å². The Bertz CT molecular complexity index is 375. The molecule has 0 saturated heterocycles. The molecule has 0 atom stereocenters. The molecule has 18 heavy (non-hydrogen) atoms. The topological polar surface area (TPSA) is 26.0 Å². The number of aryl methyl sites for hydroxylation is 1. The van der Waals surface area contributed by atoms with Gasteiger partial charge in [0.25, 0.3) is 0 Å². The predicted octanol–water partition coefficient (Wildman–Crippen LogP) is 4.23. The summed E-state index contributed by atoms with van der Waals surface area (Å²) in [6.45, 7) is 4.45. The van der Waals surface area contributed by atoms with Crippen molar-refractivity contribution in [3.63, 3.8) is 0 Å². The molecular weight excluding hydrogens is 218 g/mol. The predicted molar refractivity (Wildman–Crippen MR) is 78.7 cm³/mol. The Morgan fingerprint density at radius 2 is 2.00 bits per heavy atom. The van der Waals surface area contributed by atoms with Gasteiger partial charge in [-0.3, -0.25) is 0 Å². The van der Waals surface area contributed by atoms with Crippen LogP contribution in [0.25, 0.3) is 0 Å². The maximum absolute atomic E-state index is 6.60. The second kappa shape index (κ2) is 5.88. The van der Waals surface area contributed by atoms with Crippen LogP contribution in [0.15, 0.2) is 24.3 Å². The van der Waals surface area contributed by atoms with E-state index in [0.717, 1.165) is 12.3 Å². The van der Waals surface area contributed by atoms with E-state index in [-0.39, 0.29) is 5.54 Å². The zero-order valence-corrected chi connectivity index (χ0v) is 11.9. The van der Waals surface area contributed by atoms with Crippen molar-refractivity contribution < 1.29 is 0 Å². The standard InChI is InChI=1S/C17H27N/c1-3-5-15-8-10-17(18,11-9-15)13-16-7-4-6-14(2)12-16/h4,6-7,12,15H,3,5,8-11,13,18H2,1-2H3. The van der Waals surface area contributed by atoms with Gasteiger partial charge in [-0.05, 0) is 50.5 Å². The van der Waals surface area contributed by atoms with Crippen LogP contribution < -0.4 is 5.73 Å². The van der Waals surface area contributed by atoms with E-state index in [1.807, 2.05) is 0 Å². The van der Waals surface area contributed by atoms with Crippen molar-refractivity contribution in [2.75, 3.05) is 0 Å². The summed E-state index contributed by atoms with van der Waals surface area (Å²) in [5, 5.41) is 0. The molecule has 1 fully saturated rings. The fourth-order valence-electron chi connectivity index (χ4n) is 3.35. The van der Waals surface area contributed by atoms with E-state index in [4.69, 9.17) is 5.73 Å². The van der Waals surface area contributed by atoms with Gasteiger partial charge in [-0.2, -0.15) is 0 Å². The van der Waals surface area contributed by atoms with Crippen LogP contribution in [0.5, 0.6) is 0 Å². The average molecular weight is 245 g/mol. The number of nitrogens with two attached hydrogens (primary N) is 1. The molecule has 1 aliphatic rings. The Morgan fingerprint density at radius 1 is 1.28 bits per heavy atom. The van der Waals surface area contributed by atoms with E-state index >= 15 is 0 Å². The molecule has 1 aromatic carbocycles. The zero-order valence-electron chi connectivity index (χ0n) is 11.9. The van der Waals surface area contributed by atoms with Gasteiger partial charge < -0.3 is 5.73 Å². The molecule has 0 unspecified atom stereocenters. The molecule has 1 aliphatic carbocycles. The number of benzene rings is 1. The summed E-state index contributed by atoms with van der Waals surface area (Å²) >= 11 is 0. The second-order valence-corrected chi connectivity index (χ2v) is 6.26. The Kier molecular flexibility index (Phi) is 4.45. The fraction of sp³-hybridized carbons (Fsp3) is 0.647. The molecule has 1 heteroatoms. The minimum Gasteiger partial charge on any atom is -0.325 e. The molecule has 0 aromatic heterocycles. The van der Waals surface area contributed by atoms with E-state index in [9.17, 15) is 0 Å². The quantitative estimate of drug-likeness (QED) is 0.844. The average Bonchev–Trinajstić information content (AvgIpc) is 2.32. The van der Waals surface area contributed by atoms with Gasteiger partial charge in [0.1, 0.15) is 0 Å². The minimum absolute atomic E-state index is 0.0536. The number of hydrogen-bond acceptors (Lipinski definition) is 1. The molecule has 0 radical (unpaired) electrons. The van der Waals surface area contributed by atoms with E-state index in [1.54, 1.807) is 0 Å². The van der Waals surface area contributed by atoms with Gasteiger partial charge in [-0.1, -0.05) is 49.6 Å². The minimum atomic E-state index is 0.0536. The second-order valence-electron chi connectivity index (χ2n) is 6.26. The summed E-state index contributed by atoms with van der Waals surface area (Å²) in [4.78, 5) is 0. The Balaban J connectivity index is 1.93. The largest absolute Gasteiger partial charge is 0.325 e. The number of rotatable bonds is 4. The molecule has 0 heterocycles. The van der Waals surface area contributed by atoms with Crippen molar-refractivity contribution in [1.82, 2.24) is 0 Å². The molecule has 2 rings (SSSR count). The lowest BCUT2D eigenvalue weighted by Crippen LogP contribution is -2.45. The van der Waals surface area contributed by atoms with E-state index in [1.165, 1.54) is 49.7 Å². The summed E-state index contributed by atoms with van der Waals surface area (Å²) < 4.78 is 0. The molecular formula is C17H27N. The van der Waals surface area contributed by atoms with Gasteiger partial charge in [0, 0.05) is 5.54 Å². The third-order valence-corrected chi connectivity index (χ3v) is 4.44. The molecule has 0 aliphatic heterocycles. The van der Waals surface area contributed by atoms with Crippen molar-refractivity contribution in [2.45, 2.75) is 64.3 Å². The molecule has 0 spiro atoms. The number of hydrogen-bond donors (Lipinski definition) is 1. The van der Waals surface area contributed by atoms with E-state index < -0.39 is 0 Å². The van der Waals surface area contributed by atoms with Crippen molar-refractivity contribution in [3.8, 4) is 0 Å². The third-order valence-electron chi connectivity index (χ3n) is 4.44. The smallest absolute Gasteiger partial charge is 0.0195 e. The lowest BCUT2D eigenvalue weighted by molar-refractivity contribution is 0.223. The molecule has 0 bridgehead atoms. The van der Waals surface area contributed by atoms with Crippen molar-refractivity contribution in [2.24, 2.45) is 11.7 Å². The van der Waals surface area contributed by atoms with Gasteiger partial charge in [0.15, 0.2) is 0 Å². The van der Waals surface area contributed by atoms with Crippen molar-refractivity contribution in [1.29, 1.82) is 0 Å². The zero-order chi connectivity index (χ0) is 13.0. The van der Waals surface area contributed by atoms with Crippen molar-refractivity contribution >= 4 is 0 Å². The van der Waals surface area contributed by atoms with E-state index in [2.05, 4.69) is 38.1 Å². The molecule has 0 amide bonds.